The highest BCUT2D eigenvalue weighted by Gasteiger charge is 2.26. The highest BCUT2D eigenvalue weighted by molar-refractivity contribution is 5.87. The molecule has 0 saturated heterocycles. The molecule has 2 heterocycles. The first-order valence-corrected chi connectivity index (χ1v) is 4.89. The van der Waals surface area contributed by atoms with Crippen molar-refractivity contribution in [3.8, 4) is 11.4 Å². The molecule has 1 aliphatic heterocycles. The van der Waals surface area contributed by atoms with Gasteiger partial charge >= 0.3 is 5.97 Å². The van der Waals surface area contributed by atoms with E-state index >= 15 is 0 Å². The predicted molar refractivity (Wildman–Crippen MR) is 54.8 cm³/mol. The second-order valence-corrected chi connectivity index (χ2v) is 3.59. The second kappa shape index (κ2) is 3.31. The Morgan fingerprint density at radius 1 is 1.53 bits per heavy atom. The van der Waals surface area contributed by atoms with E-state index in [4.69, 9.17) is 9.84 Å². The molecule has 0 unspecified atom stereocenters. The smallest absolute Gasteiger partial charge is 0.356 e. The summed E-state index contributed by atoms with van der Waals surface area (Å²) in [5.74, 6) is -1.24. The van der Waals surface area contributed by atoms with Crippen LogP contribution >= 0.6 is 0 Å². The Morgan fingerprint density at radius 3 is 3.12 bits per heavy atom. The fourth-order valence-corrected chi connectivity index (χ4v) is 1.87. The summed E-state index contributed by atoms with van der Waals surface area (Å²) in [6, 6.07) is 4.45. The van der Waals surface area contributed by atoms with Crippen LogP contribution in [0.2, 0.25) is 0 Å². The Labute approximate surface area is 95.1 Å². The summed E-state index contributed by atoms with van der Waals surface area (Å²) in [7, 11) is 0. The molecule has 0 fully saturated rings. The summed E-state index contributed by atoms with van der Waals surface area (Å²) in [6.07, 6.45) is 1.29. The molecule has 86 valence electrons. The summed E-state index contributed by atoms with van der Waals surface area (Å²) in [5, 5.41) is 8.92. The molecule has 2 aromatic rings. The number of nitrogens with zero attached hydrogens (tertiary/aromatic N) is 2. The van der Waals surface area contributed by atoms with Gasteiger partial charge in [0.25, 0.3) is 0 Å². The van der Waals surface area contributed by atoms with Crippen molar-refractivity contribution < 1.29 is 19.0 Å². The summed E-state index contributed by atoms with van der Waals surface area (Å²) in [5.41, 5.74) is 0.433. The molecular formula is C11H7FN2O3. The third-order valence-corrected chi connectivity index (χ3v) is 2.62. The molecule has 1 aromatic carbocycles. The maximum atomic E-state index is 13.7. The van der Waals surface area contributed by atoms with Gasteiger partial charge in [-0.05, 0) is 12.1 Å². The van der Waals surface area contributed by atoms with Gasteiger partial charge in [-0.2, -0.15) is 0 Å². The van der Waals surface area contributed by atoms with Crippen molar-refractivity contribution in [2.75, 3.05) is 0 Å². The Kier molecular flexibility index (Phi) is 1.91. The van der Waals surface area contributed by atoms with Crippen LogP contribution in [-0.4, -0.2) is 20.6 Å². The minimum Gasteiger partial charge on any atom is -0.485 e. The van der Waals surface area contributed by atoms with E-state index < -0.39 is 11.8 Å². The first-order valence-electron chi connectivity index (χ1n) is 4.89. The van der Waals surface area contributed by atoms with Crippen molar-refractivity contribution in [1.82, 2.24) is 9.55 Å². The first-order chi connectivity index (χ1) is 8.18. The highest BCUT2D eigenvalue weighted by Crippen LogP contribution is 2.32. The summed E-state index contributed by atoms with van der Waals surface area (Å²) in [4.78, 5) is 14.7. The molecule has 0 amide bonds. The van der Waals surface area contributed by atoms with Crippen LogP contribution in [0.3, 0.4) is 0 Å². The maximum Gasteiger partial charge on any atom is 0.356 e. The number of halogens is 1. The molecule has 0 aliphatic carbocycles. The van der Waals surface area contributed by atoms with Crippen LogP contribution in [0, 0.1) is 5.82 Å². The van der Waals surface area contributed by atoms with Crippen LogP contribution in [0.1, 0.15) is 16.2 Å². The number of imidazole rings is 1. The zero-order chi connectivity index (χ0) is 12.0. The molecule has 0 radical (unpaired) electrons. The fraction of sp³-hybridized carbons (Fsp3) is 0.0909. The van der Waals surface area contributed by atoms with Gasteiger partial charge in [0.15, 0.2) is 11.5 Å². The number of carboxylic acid groups (broad SMARTS) is 1. The van der Waals surface area contributed by atoms with E-state index in [1.54, 1.807) is 6.07 Å². The number of benzene rings is 1. The lowest BCUT2D eigenvalue weighted by atomic mass is 10.2. The van der Waals surface area contributed by atoms with Gasteiger partial charge in [-0.3, -0.25) is 4.57 Å². The van der Waals surface area contributed by atoms with Gasteiger partial charge in [0, 0.05) is 0 Å². The van der Waals surface area contributed by atoms with E-state index in [0.29, 0.717) is 11.4 Å². The van der Waals surface area contributed by atoms with Crippen molar-refractivity contribution in [2.45, 2.75) is 6.61 Å². The monoisotopic (exact) mass is 234 g/mol. The number of carboxylic acids is 1. The van der Waals surface area contributed by atoms with E-state index in [0.717, 1.165) is 0 Å². The van der Waals surface area contributed by atoms with Crippen LogP contribution in [0.5, 0.6) is 5.75 Å². The van der Waals surface area contributed by atoms with Crippen molar-refractivity contribution >= 4 is 5.97 Å². The van der Waals surface area contributed by atoms with Crippen LogP contribution in [0.4, 0.5) is 4.39 Å². The number of fused-ring (bicyclic) bond motifs is 3. The molecule has 1 aromatic heterocycles. The fourth-order valence-electron chi connectivity index (χ4n) is 1.87. The van der Waals surface area contributed by atoms with Gasteiger partial charge in [0.2, 0.25) is 0 Å². The van der Waals surface area contributed by atoms with Crippen molar-refractivity contribution in [3.05, 3.63) is 41.7 Å². The van der Waals surface area contributed by atoms with Gasteiger partial charge in [0.1, 0.15) is 24.4 Å². The number of hydrogen-bond acceptors (Lipinski definition) is 3. The number of aromatic nitrogens is 2. The van der Waals surface area contributed by atoms with Gasteiger partial charge in [-0.15, -0.1) is 0 Å². The molecule has 17 heavy (non-hydrogen) atoms. The molecule has 1 N–H and O–H groups in total. The van der Waals surface area contributed by atoms with E-state index in [9.17, 15) is 9.18 Å². The van der Waals surface area contributed by atoms with Crippen LogP contribution in [0.15, 0.2) is 24.5 Å². The standard InChI is InChI=1S/C11H7FN2O3/c12-6-2-1-3-8-10(6)14-5-13-9(11(15)16)7(14)4-17-8/h1-3,5H,4H2,(H,15,16). The molecule has 0 atom stereocenters. The van der Waals surface area contributed by atoms with E-state index in [1.807, 2.05) is 0 Å². The molecule has 3 rings (SSSR count). The lowest BCUT2D eigenvalue weighted by molar-refractivity contribution is 0.0687. The molecule has 1 aliphatic rings. The first kappa shape index (κ1) is 9.83. The van der Waals surface area contributed by atoms with Gasteiger partial charge in [0.05, 0.1) is 5.69 Å². The van der Waals surface area contributed by atoms with Crippen molar-refractivity contribution in [1.29, 1.82) is 0 Å². The van der Waals surface area contributed by atoms with E-state index in [-0.39, 0.29) is 18.0 Å². The SMILES string of the molecule is O=C(O)c1ncn2c1COc1cccc(F)c1-2. The zero-order valence-corrected chi connectivity index (χ0v) is 8.55. The summed E-state index contributed by atoms with van der Waals surface area (Å²) in [6.45, 7) is 0.0675. The molecular weight excluding hydrogens is 227 g/mol. The zero-order valence-electron chi connectivity index (χ0n) is 8.55. The van der Waals surface area contributed by atoms with Crippen LogP contribution < -0.4 is 4.74 Å². The van der Waals surface area contributed by atoms with Gasteiger partial charge in [-0.25, -0.2) is 14.2 Å². The second-order valence-electron chi connectivity index (χ2n) is 3.59. The third-order valence-electron chi connectivity index (χ3n) is 2.62. The molecule has 0 spiro atoms. The van der Waals surface area contributed by atoms with Crippen LogP contribution in [0.25, 0.3) is 5.69 Å². The Balaban J connectivity index is 2.27. The lowest BCUT2D eigenvalue weighted by Gasteiger charge is -2.20. The number of aromatic carboxylic acids is 1. The summed E-state index contributed by atoms with van der Waals surface area (Å²) >= 11 is 0. The molecule has 5 nitrogen and oxygen atoms in total. The molecule has 0 saturated carbocycles. The van der Waals surface area contributed by atoms with E-state index in [2.05, 4.69) is 4.98 Å². The number of para-hydroxylation sites is 1. The largest absolute Gasteiger partial charge is 0.485 e. The number of rotatable bonds is 1. The lowest BCUT2D eigenvalue weighted by Crippen LogP contribution is -2.16. The highest BCUT2D eigenvalue weighted by atomic mass is 19.1. The quantitative estimate of drug-likeness (QED) is 0.814. The minimum absolute atomic E-state index is 0.0675. The Bertz CT molecular complexity index is 621. The molecule has 6 heteroatoms. The Hall–Kier alpha value is -2.37. The Morgan fingerprint density at radius 2 is 2.35 bits per heavy atom. The predicted octanol–water partition coefficient (Wildman–Crippen LogP) is 1.60. The number of ether oxygens (including phenoxy) is 1. The minimum atomic E-state index is -1.15. The van der Waals surface area contributed by atoms with Crippen molar-refractivity contribution in [3.63, 3.8) is 0 Å². The van der Waals surface area contributed by atoms with Gasteiger partial charge in [-0.1, -0.05) is 6.07 Å². The maximum absolute atomic E-state index is 13.7. The van der Waals surface area contributed by atoms with Gasteiger partial charge < -0.3 is 9.84 Å². The van der Waals surface area contributed by atoms with Crippen LogP contribution in [-0.2, 0) is 6.61 Å². The molecule has 0 bridgehead atoms. The topological polar surface area (TPSA) is 64.3 Å². The summed E-state index contributed by atoms with van der Waals surface area (Å²) < 4.78 is 20.4. The third kappa shape index (κ3) is 1.30. The average molecular weight is 234 g/mol. The number of carbonyl (C=O) groups is 1. The average Bonchev–Trinajstić information content (AvgIpc) is 2.72. The van der Waals surface area contributed by atoms with Crippen molar-refractivity contribution in [2.24, 2.45) is 0 Å². The van der Waals surface area contributed by atoms with E-state index in [1.165, 1.54) is 23.0 Å². The number of hydrogen-bond donors (Lipinski definition) is 1. The normalized spacial score (nSPS) is 12.5.